The van der Waals surface area contributed by atoms with E-state index in [1.165, 1.54) is 36.5 Å². The van der Waals surface area contributed by atoms with Gasteiger partial charge in [0, 0.05) is 28.3 Å². The highest BCUT2D eigenvalue weighted by Crippen LogP contribution is 2.50. The predicted molar refractivity (Wildman–Crippen MR) is 159 cm³/mol. The number of aromatic nitrogens is 2. The topological polar surface area (TPSA) is 137 Å². The molecule has 1 aliphatic carbocycles. The van der Waals surface area contributed by atoms with E-state index in [-0.39, 0.29) is 58.1 Å². The first kappa shape index (κ1) is 30.6. The monoisotopic (exact) mass is 640 g/mol. The summed E-state index contributed by atoms with van der Waals surface area (Å²) in [5, 5.41) is 15.1. The maximum Gasteiger partial charge on any atom is 0.387 e. The zero-order valence-electron chi connectivity index (χ0n) is 24.2. The van der Waals surface area contributed by atoms with Gasteiger partial charge in [-0.05, 0) is 80.6 Å². The number of rotatable bonds is 9. The van der Waals surface area contributed by atoms with Crippen molar-refractivity contribution in [2.75, 3.05) is 13.2 Å². The number of benzene rings is 2. The number of hydrogen-bond acceptors (Lipinski definition) is 7. The molecule has 2 amide bonds. The van der Waals surface area contributed by atoms with E-state index in [1.54, 1.807) is 26.0 Å². The molecule has 0 bridgehead atoms. The maximum absolute atomic E-state index is 14.0. The Hall–Kier alpha value is -4.42. The first-order valence-corrected chi connectivity index (χ1v) is 14.5. The Morgan fingerprint density at radius 2 is 2.00 bits per heavy atom. The zero-order chi connectivity index (χ0) is 32.3. The van der Waals surface area contributed by atoms with Crippen molar-refractivity contribution in [2.45, 2.75) is 44.3 Å². The number of aryl methyl sites for hydroxylation is 1. The molecule has 2 aromatic carbocycles. The number of amides is 2. The lowest BCUT2D eigenvalue weighted by molar-refractivity contribution is -0.123. The molecule has 1 aliphatic heterocycles. The largest absolute Gasteiger partial charge is 0.489 e. The van der Waals surface area contributed by atoms with Gasteiger partial charge in [-0.3, -0.25) is 14.6 Å². The van der Waals surface area contributed by atoms with Gasteiger partial charge in [0.15, 0.2) is 5.75 Å². The minimum Gasteiger partial charge on any atom is -0.489 e. The first-order chi connectivity index (χ1) is 21.3. The Labute approximate surface area is 260 Å². The van der Waals surface area contributed by atoms with Crippen molar-refractivity contribution in [3.63, 3.8) is 0 Å². The van der Waals surface area contributed by atoms with Crippen LogP contribution in [0.15, 0.2) is 48.7 Å². The van der Waals surface area contributed by atoms with E-state index in [9.17, 15) is 27.9 Å². The van der Waals surface area contributed by atoms with Crippen LogP contribution >= 0.6 is 11.6 Å². The van der Waals surface area contributed by atoms with E-state index < -0.39 is 35.3 Å². The molecule has 234 valence electrons. The van der Waals surface area contributed by atoms with Crippen LogP contribution in [-0.2, 0) is 15.8 Å². The molecule has 1 saturated carbocycles. The van der Waals surface area contributed by atoms with Crippen molar-refractivity contribution >= 4 is 34.3 Å². The number of carbonyl (C=O) groups excluding carboxylic acids is 2. The molecule has 0 saturated heterocycles. The second-order valence-electron chi connectivity index (χ2n) is 11.7. The number of hydrogen-bond donors (Lipinski definition) is 3. The number of fused-ring (bicyclic) bond motifs is 2. The maximum atomic E-state index is 14.0. The van der Waals surface area contributed by atoms with Gasteiger partial charge in [0.1, 0.15) is 40.4 Å². The number of nitrogens with zero attached hydrogens (tertiary/aromatic N) is 2. The van der Waals surface area contributed by atoms with Gasteiger partial charge in [-0.1, -0.05) is 11.6 Å². The molecule has 2 aliphatic rings. The summed E-state index contributed by atoms with van der Waals surface area (Å²) < 4.78 is 51.0. The molecule has 2 atom stereocenters. The van der Waals surface area contributed by atoms with Crippen LogP contribution in [0.4, 0.5) is 13.2 Å². The summed E-state index contributed by atoms with van der Waals surface area (Å²) >= 11 is 6.07. The van der Waals surface area contributed by atoms with Gasteiger partial charge < -0.3 is 25.6 Å². The lowest BCUT2D eigenvalue weighted by atomic mass is 9.81. The molecule has 45 heavy (non-hydrogen) atoms. The van der Waals surface area contributed by atoms with Crippen molar-refractivity contribution in [2.24, 2.45) is 11.7 Å². The third-order valence-electron chi connectivity index (χ3n) is 8.39. The Morgan fingerprint density at radius 3 is 2.67 bits per heavy atom. The standard InChI is InChI=1S/C32H28ClF3N4O5/c1-15-7-17-8-18(10-23(45-30(35)36)25(17)38-12-15)28(41)39-13-32(43,19-4-5-19)24-11-20-27(44-14-31(20,2)29(37)42)26(40-24)16-3-6-22(34)21(33)9-16/h3,6-12,19,30,43H,4-5,13-14H2,1-2H3,(H2,37,42)(H,39,41)/t31-,32+/m0/s1. The molecule has 2 aromatic heterocycles. The summed E-state index contributed by atoms with van der Waals surface area (Å²) in [7, 11) is 0. The van der Waals surface area contributed by atoms with Crippen molar-refractivity contribution in [1.29, 1.82) is 0 Å². The highest BCUT2D eigenvalue weighted by atomic mass is 35.5. The van der Waals surface area contributed by atoms with Gasteiger partial charge >= 0.3 is 6.61 Å². The predicted octanol–water partition coefficient (Wildman–Crippen LogP) is 5.16. The van der Waals surface area contributed by atoms with E-state index >= 15 is 0 Å². The van der Waals surface area contributed by atoms with Crippen molar-refractivity contribution in [3.05, 3.63) is 81.9 Å². The number of alkyl halides is 2. The highest BCUT2D eigenvalue weighted by molar-refractivity contribution is 6.31. The van der Waals surface area contributed by atoms with Crippen molar-refractivity contribution in [1.82, 2.24) is 15.3 Å². The van der Waals surface area contributed by atoms with Gasteiger partial charge in [0.05, 0.1) is 17.3 Å². The number of nitrogens with two attached hydrogens (primary N) is 1. The molecule has 6 rings (SSSR count). The van der Waals surface area contributed by atoms with Crippen LogP contribution in [0.25, 0.3) is 22.2 Å². The normalized spacial score (nSPS) is 18.8. The lowest BCUT2D eigenvalue weighted by Crippen LogP contribution is -2.44. The highest BCUT2D eigenvalue weighted by Gasteiger charge is 2.50. The third-order valence-corrected chi connectivity index (χ3v) is 8.68. The molecule has 9 nitrogen and oxygen atoms in total. The first-order valence-electron chi connectivity index (χ1n) is 14.1. The second kappa shape index (κ2) is 11.2. The fraction of sp³-hybridized carbons (Fsp3) is 0.312. The fourth-order valence-corrected chi connectivity index (χ4v) is 5.79. The van der Waals surface area contributed by atoms with Crippen LogP contribution in [0.3, 0.4) is 0 Å². The molecule has 13 heteroatoms. The van der Waals surface area contributed by atoms with Crippen molar-refractivity contribution in [3.8, 4) is 22.8 Å². The number of halogens is 4. The summed E-state index contributed by atoms with van der Waals surface area (Å²) in [6.07, 6.45) is 2.75. The van der Waals surface area contributed by atoms with Crippen molar-refractivity contribution < 1.29 is 37.3 Å². The van der Waals surface area contributed by atoms with Gasteiger partial charge in [0.2, 0.25) is 5.91 Å². The number of ether oxygens (including phenoxy) is 2. The van der Waals surface area contributed by atoms with E-state index in [0.29, 0.717) is 29.4 Å². The average Bonchev–Trinajstić information content (AvgIpc) is 3.80. The van der Waals surface area contributed by atoms with Gasteiger partial charge in [-0.2, -0.15) is 8.78 Å². The summed E-state index contributed by atoms with van der Waals surface area (Å²) in [5.41, 5.74) is 4.83. The Bertz CT molecular complexity index is 1870. The van der Waals surface area contributed by atoms with Crippen LogP contribution in [0.2, 0.25) is 5.02 Å². The number of nitrogens with one attached hydrogen (secondary N) is 1. The van der Waals surface area contributed by atoms with E-state index in [1.807, 2.05) is 0 Å². The molecule has 0 unspecified atom stereocenters. The Balaban J connectivity index is 1.40. The molecule has 4 N–H and O–H groups in total. The molecule has 1 fully saturated rings. The average molecular weight is 641 g/mol. The Morgan fingerprint density at radius 1 is 1.24 bits per heavy atom. The summed E-state index contributed by atoms with van der Waals surface area (Å²) in [6, 6.07) is 9.88. The fourth-order valence-electron chi connectivity index (χ4n) is 5.61. The Kier molecular flexibility index (Phi) is 7.60. The lowest BCUT2D eigenvalue weighted by Gasteiger charge is -2.30. The van der Waals surface area contributed by atoms with Crippen LogP contribution in [0.1, 0.15) is 46.9 Å². The van der Waals surface area contributed by atoms with Gasteiger partial charge in [-0.25, -0.2) is 9.37 Å². The molecular weight excluding hydrogens is 613 g/mol. The molecular formula is C32H28ClF3N4O5. The summed E-state index contributed by atoms with van der Waals surface area (Å²) in [5.74, 6) is -2.29. The molecule has 0 spiro atoms. The van der Waals surface area contributed by atoms with Crippen LogP contribution < -0.4 is 20.5 Å². The molecule has 0 radical (unpaired) electrons. The van der Waals surface area contributed by atoms with Crippen LogP contribution in [-0.4, -0.2) is 46.7 Å². The van der Waals surface area contributed by atoms with Crippen LogP contribution in [0, 0.1) is 18.7 Å². The van der Waals surface area contributed by atoms with E-state index in [2.05, 4.69) is 15.0 Å². The number of primary amides is 1. The summed E-state index contributed by atoms with van der Waals surface area (Å²) in [6.45, 7) is -0.146. The SMILES string of the molecule is Cc1cnc2c(OC(F)F)cc(C(=O)NC[C@](O)(c3cc4c(c(-c5ccc(F)c(Cl)c5)n3)OC[C@]4(C)C(N)=O)C3CC3)cc2c1. The smallest absolute Gasteiger partial charge is 0.387 e. The summed E-state index contributed by atoms with van der Waals surface area (Å²) in [4.78, 5) is 34.9. The van der Waals surface area contributed by atoms with Gasteiger partial charge in [-0.15, -0.1) is 0 Å². The third kappa shape index (κ3) is 5.53. The number of carbonyl (C=O) groups is 2. The van der Waals surface area contributed by atoms with Gasteiger partial charge in [0.25, 0.3) is 5.91 Å². The second-order valence-corrected chi connectivity index (χ2v) is 12.1. The quantitative estimate of drug-likeness (QED) is 0.230. The minimum atomic E-state index is -3.14. The molecule has 4 aromatic rings. The number of aliphatic hydroxyl groups is 1. The molecule has 3 heterocycles. The zero-order valence-corrected chi connectivity index (χ0v) is 24.9. The minimum absolute atomic E-state index is 0.0157. The van der Waals surface area contributed by atoms with E-state index in [4.69, 9.17) is 27.1 Å². The van der Waals surface area contributed by atoms with Crippen LogP contribution in [0.5, 0.6) is 11.5 Å². The van der Waals surface area contributed by atoms with E-state index in [0.717, 1.165) is 5.56 Å². The number of pyridine rings is 2.